The van der Waals surface area contributed by atoms with Crippen LogP contribution in [-0.2, 0) is 6.42 Å². The molecule has 1 amide bonds. The minimum atomic E-state index is -5.07. The fourth-order valence-corrected chi connectivity index (χ4v) is 5.30. The van der Waals surface area contributed by atoms with Crippen molar-refractivity contribution < 1.29 is 32.2 Å². The van der Waals surface area contributed by atoms with Crippen LogP contribution in [-0.4, -0.2) is 52.4 Å². The van der Waals surface area contributed by atoms with Gasteiger partial charge in [-0.1, -0.05) is 24.6 Å². The largest absolute Gasteiger partial charge is 0.573 e. The number of hydrogen-bond donors (Lipinski definition) is 1. The first kappa shape index (κ1) is 27.8. The number of aromatic nitrogens is 2. The van der Waals surface area contributed by atoms with Gasteiger partial charge < -0.3 is 19.2 Å². The van der Waals surface area contributed by atoms with Gasteiger partial charge in [-0.2, -0.15) is 0 Å². The highest BCUT2D eigenvalue weighted by atomic mass is 32.1. The number of alkyl halides is 3. The van der Waals surface area contributed by atoms with Gasteiger partial charge >= 0.3 is 6.36 Å². The first-order chi connectivity index (χ1) is 18.1. The molecule has 4 rings (SSSR count). The summed E-state index contributed by atoms with van der Waals surface area (Å²) in [4.78, 5) is 23.0. The average molecular weight is 550 g/mol. The molecule has 1 aliphatic carbocycles. The number of carbonyl (C=O) groups is 1. The summed E-state index contributed by atoms with van der Waals surface area (Å²) >= 11 is 1.25. The lowest BCUT2D eigenvalue weighted by atomic mass is 9.85. The molecule has 0 fully saturated rings. The minimum absolute atomic E-state index is 0.0685. The van der Waals surface area contributed by atoms with Crippen molar-refractivity contribution in [3.63, 3.8) is 0 Å². The third-order valence-corrected chi connectivity index (χ3v) is 7.43. The third kappa shape index (κ3) is 6.44. The van der Waals surface area contributed by atoms with Gasteiger partial charge in [-0.05, 0) is 43.6 Å². The summed E-state index contributed by atoms with van der Waals surface area (Å²) in [5.74, 6) is -0.468. The van der Waals surface area contributed by atoms with Crippen molar-refractivity contribution in [1.82, 2.24) is 14.9 Å². The summed E-state index contributed by atoms with van der Waals surface area (Å²) in [5, 5.41) is 11.4. The van der Waals surface area contributed by atoms with Crippen molar-refractivity contribution in [1.29, 1.82) is 0 Å². The second kappa shape index (κ2) is 11.7. The molecule has 2 heterocycles. The Kier molecular flexibility index (Phi) is 8.57. The van der Waals surface area contributed by atoms with Crippen molar-refractivity contribution in [2.75, 3.05) is 20.2 Å². The Balaban J connectivity index is 1.86. The molecule has 0 radical (unpaired) electrons. The molecule has 38 heavy (non-hydrogen) atoms. The van der Waals surface area contributed by atoms with Crippen LogP contribution < -0.4 is 4.74 Å². The molecule has 1 N–H and O–H groups in total. The predicted molar refractivity (Wildman–Crippen MR) is 139 cm³/mol. The number of aliphatic hydroxyl groups is 1. The number of amides is 1. The topological polar surface area (TPSA) is 88.7 Å². The number of carbonyl (C=O) groups excluding carboxylic acids is 1. The van der Waals surface area contributed by atoms with E-state index in [1.165, 1.54) is 24.5 Å². The third-order valence-electron chi connectivity index (χ3n) is 6.62. The molecule has 1 aromatic carbocycles. The van der Waals surface area contributed by atoms with Crippen molar-refractivity contribution >= 4 is 28.3 Å². The maximum atomic E-state index is 13.5. The standard InChI is InChI=1S/C27H30F3N3O4S/c1-4-17-6-5-16(2)13-18(8-7-17)14-21-32-22-23(36-21)19(25-31-9-12-38-25)15-20(24(22)37-27(28,29)30)26(35)33(3)10-11-34/h4,8-9,12,15-17,34H,1,5-7,10-11,13-14H2,2-3H3/b18-8+. The van der Waals surface area contributed by atoms with Gasteiger partial charge in [-0.3, -0.25) is 4.79 Å². The first-order valence-corrected chi connectivity index (χ1v) is 13.3. The number of oxazole rings is 1. The van der Waals surface area contributed by atoms with E-state index in [2.05, 4.69) is 34.3 Å². The molecule has 0 saturated heterocycles. The van der Waals surface area contributed by atoms with Crippen LogP contribution >= 0.6 is 11.3 Å². The molecule has 0 saturated carbocycles. The average Bonchev–Trinajstić information content (AvgIpc) is 3.52. The first-order valence-electron chi connectivity index (χ1n) is 12.4. The summed E-state index contributed by atoms with van der Waals surface area (Å²) in [6.45, 7) is 5.67. The van der Waals surface area contributed by atoms with E-state index in [0.29, 0.717) is 28.8 Å². The quantitative estimate of drug-likeness (QED) is 0.327. The van der Waals surface area contributed by atoms with E-state index in [1.807, 2.05) is 6.08 Å². The van der Waals surface area contributed by atoms with E-state index >= 15 is 0 Å². The highest BCUT2D eigenvalue weighted by Gasteiger charge is 2.37. The van der Waals surface area contributed by atoms with E-state index in [9.17, 15) is 23.1 Å². The van der Waals surface area contributed by atoms with Crippen LogP contribution in [0.25, 0.3) is 21.7 Å². The molecular weight excluding hydrogens is 519 g/mol. The van der Waals surface area contributed by atoms with Crippen LogP contribution in [0.2, 0.25) is 0 Å². The van der Waals surface area contributed by atoms with Crippen LogP contribution in [0.3, 0.4) is 0 Å². The number of rotatable bonds is 8. The van der Waals surface area contributed by atoms with Crippen molar-refractivity contribution in [2.45, 2.75) is 45.4 Å². The molecule has 3 aromatic rings. The second-order valence-corrected chi connectivity index (χ2v) is 10.5. The van der Waals surface area contributed by atoms with Gasteiger partial charge in [0.05, 0.1) is 17.7 Å². The molecule has 11 heteroatoms. The van der Waals surface area contributed by atoms with Gasteiger partial charge in [-0.25, -0.2) is 9.97 Å². The van der Waals surface area contributed by atoms with Crippen LogP contribution in [0.1, 0.15) is 48.9 Å². The van der Waals surface area contributed by atoms with Gasteiger partial charge in [0.15, 0.2) is 22.7 Å². The van der Waals surface area contributed by atoms with Gasteiger partial charge in [-0.15, -0.1) is 31.1 Å². The summed E-state index contributed by atoms with van der Waals surface area (Å²) in [7, 11) is 1.39. The van der Waals surface area contributed by atoms with Gasteiger partial charge in [0.2, 0.25) is 0 Å². The minimum Gasteiger partial charge on any atom is -0.439 e. The fourth-order valence-electron chi connectivity index (χ4n) is 4.65. The van der Waals surface area contributed by atoms with Crippen LogP contribution in [0.4, 0.5) is 13.2 Å². The lowest BCUT2D eigenvalue weighted by Crippen LogP contribution is -2.30. The van der Waals surface area contributed by atoms with E-state index < -0.39 is 18.0 Å². The Morgan fingerprint density at radius 3 is 2.84 bits per heavy atom. The summed E-state index contributed by atoms with van der Waals surface area (Å²) in [6, 6.07) is 1.29. The molecular formula is C27H30F3N3O4S. The number of nitrogens with zero attached hydrogens (tertiary/aromatic N) is 3. The number of hydrogen-bond acceptors (Lipinski definition) is 7. The van der Waals surface area contributed by atoms with Crippen LogP contribution in [0, 0.1) is 11.8 Å². The Morgan fingerprint density at radius 2 is 2.18 bits per heavy atom. The fraction of sp³-hybridized carbons (Fsp3) is 0.444. The van der Waals surface area contributed by atoms with E-state index in [4.69, 9.17) is 4.42 Å². The molecule has 1 aliphatic rings. The van der Waals surface area contributed by atoms with E-state index in [1.54, 1.807) is 11.6 Å². The molecule has 7 nitrogen and oxygen atoms in total. The maximum Gasteiger partial charge on any atom is 0.573 e. The molecule has 2 atom stereocenters. The predicted octanol–water partition coefficient (Wildman–Crippen LogP) is 6.40. The molecule has 0 aliphatic heterocycles. The number of fused-ring (bicyclic) bond motifs is 1. The summed E-state index contributed by atoms with van der Waals surface area (Å²) < 4.78 is 51.1. The van der Waals surface area contributed by atoms with Crippen molar-refractivity contribution in [3.8, 4) is 16.3 Å². The Morgan fingerprint density at radius 1 is 1.39 bits per heavy atom. The molecule has 2 aromatic heterocycles. The Hall–Kier alpha value is -3.18. The van der Waals surface area contributed by atoms with Crippen molar-refractivity contribution in [3.05, 3.63) is 53.4 Å². The van der Waals surface area contributed by atoms with E-state index in [0.717, 1.165) is 36.2 Å². The Labute approximate surface area is 222 Å². The second-order valence-electron chi connectivity index (χ2n) is 9.58. The van der Waals surface area contributed by atoms with Crippen molar-refractivity contribution in [2.24, 2.45) is 11.8 Å². The molecule has 2 unspecified atom stereocenters. The van der Waals surface area contributed by atoms with E-state index in [-0.39, 0.29) is 35.7 Å². The molecule has 204 valence electrons. The number of thiazole rings is 1. The zero-order chi connectivity index (χ0) is 27.4. The number of likely N-dealkylation sites (N-methyl/N-ethyl adjacent to an activating group) is 1. The summed E-state index contributed by atoms with van der Waals surface area (Å²) in [6.07, 6.45) is 4.66. The van der Waals surface area contributed by atoms with Gasteiger partial charge in [0.25, 0.3) is 5.91 Å². The number of allylic oxidation sites excluding steroid dienone is 3. The molecule has 0 bridgehead atoms. The van der Waals surface area contributed by atoms with Gasteiger partial charge in [0, 0.05) is 31.6 Å². The Bertz CT molecular complexity index is 1320. The zero-order valence-corrected chi connectivity index (χ0v) is 22.1. The number of ether oxygens (including phenoxy) is 1. The smallest absolute Gasteiger partial charge is 0.439 e. The highest BCUT2D eigenvalue weighted by Crippen LogP contribution is 2.41. The van der Waals surface area contributed by atoms with Gasteiger partial charge in [0.1, 0.15) is 5.01 Å². The number of benzene rings is 1. The van der Waals surface area contributed by atoms with Crippen LogP contribution in [0.5, 0.6) is 5.75 Å². The number of halogens is 3. The lowest BCUT2D eigenvalue weighted by Gasteiger charge is -2.20. The van der Waals surface area contributed by atoms with Crippen LogP contribution in [0.15, 0.2) is 46.4 Å². The SMILES string of the molecule is C=CC1C/C=C(/Cc2nc3c(OC(F)(F)F)c(C(=O)N(C)CCO)cc(-c4nccs4)c3o2)CC(C)CC1. The zero-order valence-electron chi connectivity index (χ0n) is 21.3. The lowest BCUT2D eigenvalue weighted by molar-refractivity contribution is -0.274. The number of aliphatic hydroxyl groups excluding tert-OH is 1. The normalized spacial score (nSPS) is 19.9. The maximum absolute atomic E-state index is 13.5. The summed E-state index contributed by atoms with van der Waals surface area (Å²) in [5.41, 5.74) is 0.955. The molecule has 0 spiro atoms. The highest BCUT2D eigenvalue weighted by molar-refractivity contribution is 7.13. The monoisotopic (exact) mass is 549 g/mol.